The zero-order valence-electron chi connectivity index (χ0n) is 8.05. The molecule has 0 radical (unpaired) electrons. The number of hydrogen-bond donors (Lipinski definition) is 1. The Labute approximate surface area is 79.7 Å². The average Bonchev–Trinajstić information content (AvgIpc) is 2.09. The van der Waals surface area contributed by atoms with Crippen molar-refractivity contribution in [1.29, 1.82) is 0 Å². The summed E-state index contributed by atoms with van der Waals surface area (Å²) in [4.78, 5) is 10.1. The molecule has 0 amide bonds. The highest BCUT2D eigenvalue weighted by molar-refractivity contribution is 5.66. The van der Waals surface area contributed by atoms with Gasteiger partial charge in [-0.1, -0.05) is 18.1 Å². The van der Waals surface area contributed by atoms with E-state index in [4.69, 9.17) is 5.11 Å². The Morgan fingerprint density at radius 3 is 2.77 bits per heavy atom. The van der Waals surface area contributed by atoms with Gasteiger partial charge in [0, 0.05) is 12.8 Å². The molecule has 0 aliphatic heterocycles. The zero-order valence-corrected chi connectivity index (χ0v) is 8.05. The summed E-state index contributed by atoms with van der Waals surface area (Å²) < 4.78 is 0. The molecule has 0 aromatic carbocycles. The molecule has 13 heavy (non-hydrogen) atoms. The fourth-order valence-electron chi connectivity index (χ4n) is 0.901. The molecule has 0 aromatic rings. The predicted octanol–water partition coefficient (Wildman–Crippen LogP) is 2.60. The summed E-state index contributed by atoms with van der Waals surface area (Å²) >= 11 is 0. The lowest BCUT2D eigenvalue weighted by atomic mass is 10.2. The van der Waals surface area contributed by atoms with Gasteiger partial charge in [-0.05, 0) is 26.2 Å². The summed E-state index contributed by atoms with van der Waals surface area (Å²) in [6.07, 6.45) is 7.83. The number of rotatable bonds is 6. The van der Waals surface area contributed by atoms with Crippen LogP contribution in [0.5, 0.6) is 0 Å². The van der Waals surface area contributed by atoms with E-state index in [0.717, 1.165) is 25.7 Å². The summed E-state index contributed by atoms with van der Waals surface area (Å²) in [5, 5.41) is 8.35. The molecule has 0 saturated heterocycles. The van der Waals surface area contributed by atoms with Gasteiger partial charge < -0.3 is 5.11 Å². The number of aliphatic carboxylic acids is 1. The van der Waals surface area contributed by atoms with E-state index >= 15 is 0 Å². The SMILES string of the molecule is CC#CC/C=C\CCCCC(=O)O. The molecule has 0 atom stereocenters. The van der Waals surface area contributed by atoms with Crippen LogP contribution in [0, 0.1) is 11.8 Å². The van der Waals surface area contributed by atoms with Crippen molar-refractivity contribution in [2.75, 3.05) is 0 Å². The maximum atomic E-state index is 10.1. The van der Waals surface area contributed by atoms with E-state index in [2.05, 4.69) is 17.9 Å². The third kappa shape index (κ3) is 10.8. The van der Waals surface area contributed by atoms with Crippen molar-refractivity contribution in [3.63, 3.8) is 0 Å². The first-order valence-electron chi connectivity index (χ1n) is 4.53. The van der Waals surface area contributed by atoms with Crippen LogP contribution in [-0.4, -0.2) is 11.1 Å². The van der Waals surface area contributed by atoms with Crippen LogP contribution in [0.4, 0.5) is 0 Å². The Balaban J connectivity index is 3.18. The van der Waals surface area contributed by atoms with Crippen LogP contribution in [-0.2, 0) is 4.79 Å². The summed E-state index contributed by atoms with van der Waals surface area (Å²) in [5.74, 6) is 5.02. The summed E-state index contributed by atoms with van der Waals surface area (Å²) in [6.45, 7) is 1.82. The number of carboxylic acid groups (broad SMARTS) is 1. The molecule has 0 unspecified atom stereocenters. The van der Waals surface area contributed by atoms with Gasteiger partial charge in [-0.2, -0.15) is 0 Å². The van der Waals surface area contributed by atoms with E-state index in [1.807, 2.05) is 13.0 Å². The quantitative estimate of drug-likeness (QED) is 0.387. The van der Waals surface area contributed by atoms with E-state index < -0.39 is 5.97 Å². The minimum atomic E-state index is -0.708. The maximum absolute atomic E-state index is 10.1. The van der Waals surface area contributed by atoms with Gasteiger partial charge >= 0.3 is 5.97 Å². The largest absolute Gasteiger partial charge is 0.481 e. The molecule has 0 bridgehead atoms. The molecule has 0 aliphatic rings. The van der Waals surface area contributed by atoms with Crippen molar-refractivity contribution in [2.45, 2.75) is 39.0 Å². The molecule has 1 N–H and O–H groups in total. The molecule has 0 aliphatic carbocycles. The van der Waals surface area contributed by atoms with E-state index in [1.54, 1.807) is 0 Å². The van der Waals surface area contributed by atoms with E-state index in [-0.39, 0.29) is 6.42 Å². The van der Waals surface area contributed by atoms with Gasteiger partial charge in [0.2, 0.25) is 0 Å². The molecule has 72 valence electrons. The van der Waals surface area contributed by atoms with E-state index in [9.17, 15) is 4.79 Å². The number of unbranched alkanes of at least 4 members (excludes halogenated alkanes) is 2. The predicted molar refractivity (Wildman–Crippen MR) is 53.3 cm³/mol. The second-order valence-electron chi connectivity index (χ2n) is 2.74. The van der Waals surface area contributed by atoms with Gasteiger partial charge in [0.15, 0.2) is 0 Å². The zero-order chi connectivity index (χ0) is 9.94. The highest BCUT2D eigenvalue weighted by Crippen LogP contribution is 2.00. The topological polar surface area (TPSA) is 37.3 Å². The van der Waals surface area contributed by atoms with Crippen LogP contribution in [0.3, 0.4) is 0 Å². The number of allylic oxidation sites excluding steroid dienone is 2. The first-order valence-corrected chi connectivity index (χ1v) is 4.53. The molecule has 0 rings (SSSR count). The Morgan fingerprint density at radius 2 is 2.15 bits per heavy atom. The van der Waals surface area contributed by atoms with Crippen molar-refractivity contribution in [2.24, 2.45) is 0 Å². The highest BCUT2D eigenvalue weighted by atomic mass is 16.4. The van der Waals surface area contributed by atoms with Crippen LogP contribution in [0.15, 0.2) is 12.2 Å². The fourth-order valence-corrected chi connectivity index (χ4v) is 0.901. The molecule has 0 saturated carbocycles. The van der Waals surface area contributed by atoms with Gasteiger partial charge in [-0.15, -0.1) is 5.92 Å². The van der Waals surface area contributed by atoms with E-state index in [0.29, 0.717) is 0 Å². The molecule has 2 nitrogen and oxygen atoms in total. The normalized spacial score (nSPS) is 9.62. The van der Waals surface area contributed by atoms with E-state index in [1.165, 1.54) is 0 Å². The van der Waals surface area contributed by atoms with Crippen LogP contribution < -0.4 is 0 Å². The second-order valence-corrected chi connectivity index (χ2v) is 2.74. The molecule has 0 aromatic heterocycles. The van der Waals surface area contributed by atoms with Crippen LogP contribution >= 0.6 is 0 Å². The van der Waals surface area contributed by atoms with Crippen molar-refractivity contribution in [1.82, 2.24) is 0 Å². The van der Waals surface area contributed by atoms with Gasteiger partial charge in [-0.25, -0.2) is 0 Å². The fraction of sp³-hybridized carbons (Fsp3) is 0.545. The summed E-state index contributed by atoms with van der Waals surface area (Å²) in [7, 11) is 0. The molecule has 0 fully saturated rings. The molecular weight excluding hydrogens is 164 g/mol. The maximum Gasteiger partial charge on any atom is 0.303 e. The number of carbonyl (C=O) groups is 1. The third-order valence-electron chi connectivity index (χ3n) is 1.57. The average molecular weight is 180 g/mol. The lowest BCUT2D eigenvalue weighted by Gasteiger charge is -1.92. The van der Waals surface area contributed by atoms with Crippen LogP contribution in [0.1, 0.15) is 39.0 Å². The van der Waals surface area contributed by atoms with Crippen LogP contribution in [0.25, 0.3) is 0 Å². The standard InChI is InChI=1S/C11H16O2/c1-2-3-4-5-6-7-8-9-10-11(12)13/h5-6H,4,7-10H2,1H3,(H,12,13)/b6-5-. The summed E-state index contributed by atoms with van der Waals surface area (Å²) in [6, 6.07) is 0. The molecular formula is C11H16O2. The first-order chi connectivity index (χ1) is 6.27. The molecule has 0 spiro atoms. The van der Waals surface area contributed by atoms with Gasteiger partial charge in [0.05, 0.1) is 0 Å². The van der Waals surface area contributed by atoms with Crippen molar-refractivity contribution in [3.8, 4) is 11.8 Å². The summed E-state index contributed by atoms with van der Waals surface area (Å²) in [5.41, 5.74) is 0. The second kappa shape index (κ2) is 8.86. The minimum Gasteiger partial charge on any atom is -0.481 e. The smallest absolute Gasteiger partial charge is 0.303 e. The molecule has 2 heteroatoms. The lowest BCUT2D eigenvalue weighted by molar-refractivity contribution is -0.137. The van der Waals surface area contributed by atoms with Crippen molar-refractivity contribution < 1.29 is 9.90 Å². The van der Waals surface area contributed by atoms with Crippen molar-refractivity contribution >= 4 is 5.97 Å². The Kier molecular flexibility index (Phi) is 8.02. The first kappa shape index (κ1) is 11.8. The molecule has 0 heterocycles. The van der Waals surface area contributed by atoms with Crippen molar-refractivity contribution in [3.05, 3.63) is 12.2 Å². The Bertz CT molecular complexity index is 218. The van der Waals surface area contributed by atoms with Crippen LogP contribution in [0.2, 0.25) is 0 Å². The van der Waals surface area contributed by atoms with Gasteiger partial charge in [-0.3, -0.25) is 4.79 Å². The Morgan fingerprint density at radius 1 is 1.38 bits per heavy atom. The number of hydrogen-bond acceptors (Lipinski definition) is 1. The lowest BCUT2D eigenvalue weighted by Crippen LogP contribution is -1.92. The number of carboxylic acids is 1. The Hall–Kier alpha value is -1.23. The highest BCUT2D eigenvalue weighted by Gasteiger charge is 1.93. The van der Waals surface area contributed by atoms with Gasteiger partial charge in [0.1, 0.15) is 0 Å². The van der Waals surface area contributed by atoms with Gasteiger partial charge in [0.25, 0.3) is 0 Å². The minimum absolute atomic E-state index is 0.280. The monoisotopic (exact) mass is 180 g/mol. The third-order valence-corrected chi connectivity index (χ3v) is 1.57.